The molecule has 5 atom stereocenters. The van der Waals surface area contributed by atoms with Gasteiger partial charge in [0.15, 0.2) is 17.1 Å². The first-order valence-corrected chi connectivity index (χ1v) is 13.3. The van der Waals surface area contributed by atoms with Crippen LogP contribution in [0.25, 0.3) is 11.3 Å². The normalized spacial score (nSPS) is 26.7. The van der Waals surface area contributed by atoms with Crippen LogP contribution in [0.15, 0.2) is 35.6 Å². The molecule has 1 aromatic carbocycles. The summed E-state index contributed by atoms with van der Waals surface area (Å²) in [6, 6.07) is 1.29. The van der Waals surface area contributed by atoms with Crippen LogP contribution >= 0.6 is 0 Å². The lowest BCUT2D eigenvalue weighted by molar-refractivity contribution is -0.181. The maximum Gasteiger partial charge on any atom is 0.305 e. The maximum absolute atomic E-state index is 14.2. The van der Waals surface area contributed by atoms with Gasteiger partial charge in [0, 0.05) is 6.42 Å². The van der Waals surface area contributed by atoms with Crippen molar-refractivity contribution in [3.63, 3.8) is 0 Å². The number of carbonyl (C=O) groups excluding carboxylic acids is 5. The highest BCUT2D eigenvalue weighted by Gasteiger charge is 2.69. The van der Waals surface area contributed by atoms with Gasteiger partial charge in [-0.25, -0.2) is 0 Å². The lowest BCUT2D eigenvalue weighted by Crippen LogP contribution is -2.70. The van der Waals surface area contributed by atoms with Gasteiger partial charge < -0.3 is 41.1 Å². The van der Waals surface area contributed by atoms with Crippen LogP contribution in [0.4, 0.5) is 5.69 Å². The Morgan fingerprint density at radius 2 is 1.74 bits per heavy atom. The third-order valence-corrected chi connectivity index (χ3v) is 8.00. The monoisotopic (exact) mass is 598 g/mol. The highest BCUT2D eigenvalue weighted by Crippen LogP contribution is 2.57. The van der Waals surface area contributed by atoms with Gasteiger partial charge in [0.05, 0.1) is 41.2 Å². The lowest BCUT2D eigenvalue weighted by Gasteiger charge is -2.53. The first-order valence-electron chi connectivity index (χ1n) is 13.3. The summed E-state index contributed by atoms with van der Waals surface area (Å²) in [6.07, 6.45) is -1.73. The summed E-state index contributed by atoms with van der Waals surface area (Å²) in [5.41, 5.74) is 0.467. The molecule has 0 saturated heterocycles. The number of hydrogen-bond acceptors (Lipinski definition) is 12. The molecular weight excluding hydrogens is 564 g/mol. The van der Waals surface area contributed by atoms with Crippen molar-refractivity contribution >= 4 is 46.4 Å². The summed E-state index contributed by atoms with van der Waals surface area (Å²) in [4.78, 5) is 68.0. The zero-order valence-corrected chi connectivity index (χ0v) is 24.3. The summed E-state index contributed by atoms with van der Waals surface area (Å²) in [7, 11) is 6.17. The van der Waals surface area contributed by atoms with Crippen molar-refractivity contribution < 1.29 is 49.1 Å². The van der Waals surface area contributed by atoms with Crippen molar-refractivity contribution in [3.8, 4) is 5.75 Å². The molecule has 230 valence electrons. The Morgan fingerprint density at radius 3 is 2.28 bits per heavy atom. The third-order valence-electron chi connectivity index (χ3n) is 8.00. The van der Waals surface area contributed by atoms with E-state index >= 15 is 0 Å². The molecule has 0 spiro atoms. The third kappa shape index (κ3) is 4.67. The number of ketones is 2. The van der Waals surface area contributed by atoms with Gasteiger partial charge in [-0.15, -0.1) is 0 Å². The van der Waals surface area contributed by atoms with Gasteiger partial charge >= 0.3 is 5.97 Å². The zero-order chi connectivity index (χ0) is 32.3. The molecule has 0 unspecified atom stereocenters. The number of nitrogens with one attached hydrogen (secondary N) is 1. The second kappa shape index (κ2) is 10.9. The molecule has 3 aliphatic carbocycles. The van der Waals surface area contributed by atoms with E-state index in [1.54, 1.807) is 19.0 Å². The van der Waals surface area contributed by atoms with E-state index in [2.05, 4.69) is 11.9 Å². The van der Waals surface area contributed by atoms with Crippen molar-refractivity contribution in [2.45, 2.75) is 31.1 Å². The maximum atomic E-state index is 14.2. The molecule has 0 aromatic heterocycles. The molecule has 0 aliphatic heterocycles. The molecule has 14 heteroatoms. The summed E-state index contributed by atoms with van der Waals surface area (Å²) in [5.74, 6) is -10.9. The number of rotatable bonds is 7. The van der Waals surface area contributed by atoms with Crippen molar-refractivity contribution in [2.75, 3.05) is 40.1 Å². The number of fused-ring (bicyclic) bond motifs is 3. The van der Waals surface area contributed by atoms with Crippen molar-refractivity contribution in [3.05, 3.63) is 46.7 Å². The van der Waals surface area contributed by atoms with Gasteiger partial charge in [-0.2, -0.15) is 0 Å². The molecule has 14 nitrogen and oxygen atoms in total. The first kappa shape index (κ1) is 31.4. The van der Waals surface area contributed by atoms with Crippen molar-refractivity contribution in [1.82, 2.24) is 9.80 Å². The molecule has 7 N–H and O–H groups in total. The number of phenols is 1. The molecule has 4 rings (SSSR count). The average Bonchev–Trinajstić information content (AvgIpc) is 2.90. The molecule has 2 amide bonds. The van der Waals surface area contributed by atoms with Crippen LogP contribution < -0.4 is 11.1 Å². The number of aliphatic hydroxyl groups is 3. The minimum Gasteiger partial charge on any atom is -0.508 e. The topological polar surface area (TPSA) is 220 Å². The molecule has 3 aliphatic rings. The van der Waals surface area contributed by atoms with E-state index in [-0.39, 0.29) is 35.4 Å². The van der Waals surface area contributed by atoms with Gasteiger partial charge in [-0.05, 0) is 45.4 Å². The van der Waals surface area contributed by atoms with E-state index in [1.807, 2.05) is 0 Å². The van der Waals surface area contributed by atoms with Crippen LogP contribution in [0.1, 0.15) is 24.5 Å². The molecule has 1 saturated carbocycles. The minimum absolute atomic E-state index is 0.0324. The fraction of sp³-hybridized carbons (Fsp3) is 0.414. The number of phenolic OH excluding ortho intramolecular Hbond substituents is 1. The fourth-order valence-corrected chi connectivity index (χ4v) is 6.18. The number of carbonyl (C=O) groups is 5. The fourth-order valence-electron chi connectivity index (χ4n) is 6.18. The molecule has 1 fully saturated rings. The molecule has 0 radical (unpaired) electrons. The van der Waals surface area contributed by atoms with Crippen LogP contribution in [0.3, 0.4) is 0 Å². The average molecular weight is 599 g/mol. The summed E-state index contributed by atoms with van der Waals surface area (Å²) < 4.78 is 5.73. The number of benzene rings is 1. The Hall–Kier alpha value is -4.53. The van der Waals surface area contributed by atoms with E-state index in [1.165, 1.54) is 38.1 Å². The number of nitrogens with zero attached hydrogens (tertiary/aromatic N) is 2. The number of Topliss-reactive ketones (excluding diaryl/α,β-unsaturated/α-hetero) is 2. The Kier molecular flexibility index (Phi) is 8.00. The molecule has 1 aromatic rings. The number of anilines is 1. The van der Waals surface area contributed by atoms with Crippen LogP contribution in [-0.4, -0.2) is 112 Å². The van der Waals surface area contributed by atoms with Crippen LogP contribution in [0.2, 0.25) is 0 Å². The number of hydrogen-bond donors (Lipinski definition) is 6. The quantitative estimate of drug-likeness (QED) is 0.137. The van der Waals surface area contributed by atoms with Gasteiger partial charge in [0.1, 0.15) is 23.2 Å². The van der Waals surface area contributed by atoms with Gasteiger partial charge in [-0.1, -0.05) is 19.6 Å². The summed E-state index contributed by atoms with van der Waals surface area (Å²) >= 11 is 0. The highest BCUT2D eigenvalue weighted by atomic mass is 16.5. The second-order valence-electron chi connectivity index (χ2n) is 11.2. The van der Waals surface area contributed by atoms with Gasteiger partial charge in [0.25, 0.3) is 5.91 Å². The molecule has 43 heavy (non-hydrogen) atoms. The zero-order valence-electron chi connectivity index (χ0n) is 24.3. The predicted octanol–water partition coefficient (Wildman–Crippen LogP) is -0.133. The summed E-state index contributed by atoms with van der Waals surface area (Å²) in [5, 5.41) is 48.4. The van der Waals surface area contributed by atoms with Crippen LogP contribution in [0.5, 0.6) is 5.75 Å². The molecule has 0 heterocycles. The van der Waals surface area contributed by atoms with Crippen molar-refractivity contribution in [1.29, 1.82) is 0 Å². The predicted molar refractivity (Wildman–Crippen MR) is 152 cm³/mol. The standard InChI is InChI=1S/C29H34N4O10/c1-7-15(35)43-25-16-11(2)12-8-9-13(31-14(34)10-32(3)4)22(36)17(12)23(37)18(16)26(39)29(42)20(25)21(33(5)6)24(38)19(27(29)40)28(30)41/h8-9,16,20-21,25,36-37,40,42H,2,7,10H2,1,3-6H3,(H2,30,41)(H,31,34)/t16-,20+,21+,25+,29+/m1/s1. The smallest absolute Gasteiger partial charge is 0.305 e. The van der Waals surface area contributed by atoms with E-state index in [0.717, 1.165) is 0 Å². The number of esters is 1. The van der Waals surface area contributed by atoms with Gasteiger partial charge in [0.2, 0.25) is 11.7 Å². The lowest BCUT2D eigenvalue weighted by atomic mass is 9.55. The van der Waals surface area contributed by atoms with E-state index < -0.39 is 87.3 Å². The first-order chi connectivity index (χ1) is 20.0. The number of amides is 2. The van der Waals surface area contributed by atoms with Crippen LogP contribution in [0, 0.1) is 11.8 Å². The number of ether oxygens (including phenoxy) is 1. The Morgan fingerprint density at radius 1 is 1.12 bits per heavy atom. The van der Waals surface area contributed by atoms with Crippen molar-refractivity contribution in [2.24, 2.45) is 17.6 Å². The highest BCUT2D eigenvalue weighted by molar-refractivity contribution is 6.25. The number of nitrogens with two attached hydrogens (primary N) is 1. The van der Waals surface area contributed by atoms with E-state index in [4.69, 9.17) is 10.5 Å². The summed E-state index contributed by atoms with van der Waals surface area (Å²) in [6.45, 7) is 5.51. The Bertz CT molecular complexity index is 1540. The second-order valence-corrected chi connectivity index (χ2v) is 11.2. The van der Waals surface area contributed by atoms with Gasteiger partial charge in [-0.3, -0.25) is 28.9 Å². The molecule has 0 bridgehead atoms. The van der Waals surface area contributed by atoms with Crippen LogP contribution in [-0.2, 0) is 28.7 Å². The minimum atomic E-state index is -3.07. The number of aliphatic hydroxyl groups excluding tert-OH is 2. The van der Waals surface area contributed by atoms with E-state index in [0.29, 0.717) is 0 Å². The Balaban J connectivity index is 2.04. The van der Waals surface area contributed by atoms with E-state index in [9.17, 15) is 44.4 Å². The SMILES string of the molecule is C=C1c2ccc(NC(=O)CN(C)C)c(O)c2C(O)=C2C(=O)[C@]3(O)C(O)=C(C(N)=O)C(=O)[C@@H](N(C)C)[C@H]3[C@@H](OC(=O)CC)[C@H]12. The largest absolute Gasteiger partial charge is 0.508 e. The number of aromatic hydroxyl groups is 1. The number of likely N-dealkylation sites (N-methyl/N-ethyl adjacent to an activating group) is 2. The molecular formula is C29H34N4O10. The Labute approximate surface area is 246 Å². The number of primary amides is 1.